The highest BCUT2D eigenvalue weighted by Gasteiger charge is 1.93. The largest absolute Gasteiger partial charge is 0.381 e. The van der Waals surface area contributed by atoms with E-state index >= 15 is 0 Å². The third kappa shape index (κ3) is 3.28. The maximum absolute atomic E-state index is 8.62. The fourth-order valence-electron chi connectivity index (χ4n) is 0.975. The molecule has 1 aromatic heterocycles. The average molecular weight is 187 g/mol. The normalized spacial score (nSPS) is 8.93. The third-order valence-electron chi connectivity index (χ3n) is 1.69. The number of nitrogens with zero attached hydrogens (tertiary/aromatic N) is 2. The highest BCUT2D eigenvalue weighted by atomic mass is 14.9. The molecule has 0 amide bonds. The molecule has 0 radical (unpaired) electrons. The molecule has 14 heavy (non-hydrogen) atoms. The van der Waals surface area contributed by atoms with Crippen LogP contribution in [0.1, 0.15) is 19.5 Å². The molecule has 72 valence electrons. The monoisotopic (exact) mass is 187 g/mol. The number of hydrogen-bond acceptors (Lipinski definition) is 3. The molecule has 3 heteroatoms. The predicted octanol–water partition coefficient (Wildman–Crippen LogP) is 2.33. The van der Waals surface area contributed by atoms with Crippen LogP contribution in [0.4, 0.5) is 5.69 Å². The number of nitriles is 1. The van der Waals surface area contributed by atoms with Crippen LogP contribution in [0.15, 0.2) is 30.0 Å². The number of nitrogens with one attached hydrogen (secondary N) is 1. The number of rotatable bonds is 3. The first kappa shape index (κ1) is 10.3. The highest BCUT2D eigenvalue weighted by Crippen LogP contribution is 2.06. The van der Waals surface area contributed by atoms with E-state index in [0.29, 0.717) is 5.69 Å². The highest BCUT2D eigenvalue weighted by molar-refractivity contribution is 5.46. The smallest absolute Gasteiger partial charge is 0.142 e. The Bertz CT molecular complexity index is 370. The van der Waals surface area contributed by atoms with Crippen molar-refractivity contribution in [3.05, 3.63) is 35.7 Å². The quantitative estimate of drug-likeness (QED) is 0.739. The van der Waals surface area contributed by atoms with E-state index in [2.05, 4.69) is 30.2 Å². The van der Waals surface area contributed by atoms with Gasteiger partial charge in [0, 0.05) is 18.4 Å². The molecule has 3 nitrogen and oxygen atoms in total. The zero-order valence-electron chi connectivity index (χ0n) is 8.41. The van der Waals surface area contributed by atoms with Gasteiger partial charge in [0.2, 0.25) is 0 Å². The van der Waals surface area contributed by atoms with Gasteiger partial charge in [0.25, 0.3) is 0 Å². The second-order valence-electron chi connectivity index (χ2n) is 3.20. The van der Waals surface area contributed by atoms with Crippen LogP contribution >= 0.6 is 0 Å². The molecule has 0 saturated heterocycles. The van der Waals surface area contributed by atoms with Gasteiger partial charge in [-0.05, 0) is 26.0 Å². The number of anilines is 1. The van der Waals surface area contributed by atoms with Crippen LogP contribution in [0.25, 0.3) is 0 Å². The van der Waals surface area contributed by atoms with E-state index in [1.807, 2.05) is 12.1 Å². The summed E-state index contributed by atoms with van der Waals surface area (Å²) >= 11 is 0. The van der Waals surface area contributed by atoms with Gasteiger partial charge in [0.15, 0.2) is 0 Å². The lowest BCUT2D eigenvalue weighted by molar-refractivity contribution is 1.22. The van der Waals surface area contributed by atoms with E-state index in [4.69, 9.17) is 5.26 Å². The summed E-state index contributed by atoms with van der Waals surface area (Å²) in [5.41, 5.74) is 2.63. The Morgan fingerprint density at radius 2 is 2.43 bits per heavy atom. The first-order valence-corrected chi connectivity index (χ1v) is 4.46. The van der Waals surface area contributed by atoms with Crippen LogP contribution in [0.2, 0.25) is 0 Å². The molecule has 0 aliphatic heterocycles. The molecule has 0 bridgehead atoms. The Balaban J connectivity index is 2.60. The standard InChI is InChI=1S/C11H13N3/c1-9(2)3-5-13-10-4-6-14-11(7-10)8-12/h3-4,6-7H,5H2,1-2H3,(H,13,14). The molecule has 0 fully saturated rings. The van der Waals surface area contributed by atoms with Gasteiger partial charge >= 0.3 is 0 Å². The van der Waals surface area contributed by atoms with Crippen molar-refractivity contribution in [2.75, 3.05) is 11.9 Å². The molecule has 1 heterocycles. The van der Waals surface area contributed by atoms with Crippen molar-refractivity contribution in [2.24, 2.45) is 0 Å². The molecular weight excluding hydrogens is 174 g/mol. The molecule has 1 aromatic rings. The van der Waals surface area contributed by atoms with Crippen LogP contribution in [0.3, 0.4) is 0 Å². The summed E-state index contributed by atoms with van der Waals surface area (Å²) in [5, 5.41) is 11.8. The molecule has 1 N–H and O–H groups in total. The van der Waals surface area contributed by atoms with Crippen LogP contribution < -0.4 is 5.32 Å². The van der Waals surface area contributed by atoms with E-state index in [9.17, 15) is 0 Å². The summed E-state index contributed by atoms with van der Waals surface area (Å²) in [6, 6.07) is 5.58. The lowest BCUT2D eigenvalue weighted by Gasteiger charge is -2.02. The molecule has 0 unspecified atom stereocenters. The average Bonchev–Trinajstić information content (AvgIpc) is 2.18. The molecular formula is C11H13N3. The summed E-state index contributed by atoms with van der Waals surface area (Å²) < 4.78 is 0. The second-order valence-corrected chi connectivity index (χ2v) is 3.20. The molecule has 0 aliphatic rings. The Morgan fingerprint density at radius 1 is 1.64 bits per heavy atom. The third-order valence-corrected chi connectivity index (χ3v) is 1.69. The van der Waals surface area contributed by atoms with Crippen molar-refractivity contribution in [3.63, 3.8) is 0 Å². The minimum absolute atomic E-state index is 0.437. The van der Waals surface area contributed by atoms with Crippen LogP contribution in [-0.2, 0) is 0 Å². The Labute approximate surface area is 84.1 Å². The van der Waals surface area contributed by atoms with Crippen molar-refractivity contribution >= 4 is 5.69 Å². The minimum atomic E-state index is 0.437. The van der Waals surface area contributed by atoms with E-state index in [-0.39, 0.29) is 0 Å². The molecule has 1 rings (SSSR count). The SMILES string of the molecule is CC(C)=CCNc1ccnc(C#N)c1. The number of allylic oxidation sites excluding steroid dienone is 1. The number of hydrogen-bond donors (Lipinski definition) is 1. The van der Waals surface area contributed by atoms with E-state index < -0.39 is 0 Å². The Morgan fingerprint density at radius 3 is 3.07 bits per heavy atom. The summed E-state index contributed by atoms with van der Waals surface area (Å²) in [7, 11) is 0. The lowest BCUT2D eigenvalue weighted by atomic mass is 10.3. The fourth-order valence-corrected chi connectivity index (χ4v) is 0.975. The Hall–Kier alpha value is -1.82. The van der Waals surface area contributed by atoms with Crippen LogP contribution in [0, 0.1) is 11.3 Å². The van der Waals surface area contributed by atoms with Crippen molar-refractivity contribution in [1.29, 1.82) is 5.26 Å². The first-order chi connectivity index (χ1) is 6.72. The zero-order valence-corrected chi connectivity index (χ0v) is 8.41. The van der Waals surface area contributed by atoms with Crippen LogP contribution in [-0.4, -0.2) is 11.5 Å². The van der Waals surface area contributed by atoms with Gasteiger partial charge in [-0.25, -0.2) is 4.98 Å². The summed E-state index contributed by atoms with van der Waals surface area (Å²) in [6.45, 7) is 4.88. The second kappa shape index (κ2) is 5.03. The number of aromatic nitrogens is 1. The van der Waals surface area contributed by atoms with Gasteiger partial charge in [-0.3, -0.25) is 0 Å². The molecule has 0 aliphatic carbocycles. The van der Waals surface area contributed by atoms with Crippen molar-refractivity contribution < 1.29 is 0 Å². The van der Waals surface area contributed by atoms with Gasteiger partial charge in [0.05, 0.1) is 0 Å². The summed E-state index contributed by atoms with van der Waals surface area (Å²) in [5.74, 6) is 0. The molecule has 0 saturated carbocycles. The summed E-state index contributed by atoms with van der Waals surface area (Å²) in [4.78, 5) is 3.88. The molecule has 0 atom stereocenters. The summed E-state index contributed by atoms with van der Waals surface area (Å²) in [6.07, 6.45) is 3.72. The van der Waals surface area contributed by atoms with Gasteiger partial charge in [0.1, 0.15) is 11.8 Å². The van der Waals surface area contributed by atoms with Crippen molar-refractivity contribution in [3.8, 4) is 6.07 Å². The molecule has 0 spiro atoms. The van der Waals surface area contributed by atoms with E-state index in [1.165, 1.54) is 5.57 Å². The molecule has 0 aromatic carbocycles. The van der Waals surface area contributed by atoms with Crippen molar-refractivity contribution in [2.45, 2.75) is 13.8 Å². The van der Waals surface area contributed by atoms with Gasteiger partial charge in [-0.1, -0.05) is 11.6 Å². The number of pyridine rings is 1. The maximum Gasteiger partial charge on any atom is 0.142 e. The van der Waals surface area contributed by atoms with Gasteiger partial charge in [-0.15, -0.1) is 0 Å². The zero-order chi connectivity index (χ0) is 10.4. The Kier molecular flexibility index (Phi) is 3.69. The van der Waals surface area contributed by atoms with E-state index in [1.54, 1.807) is 12.3 Å². The predicted molar refractivity (Wildman–Crippen MR) is 56.9 cm³/mol. The maximum atomic E-state index is 8.62. The van der Waals surface area contributed by atoms with Crippen molar-refractivity contribution in [1.82, 2.24) is 4.98 Å². The van der Waals surface area contributed by atoms with Gasteiger partial charge < -0.3 is 5.32 Å². The lowest BCUT2D eigenvalue weighted by Crippen LogP contribution is -1.99. The minimum Gasteiger partial charge on any atom is -0.381 e. The first-order valence-electron chi connectivity index (χ1n) is 4.46. The van der Waals surface area contributed by atoms with Crippen LogP contribution in [0.5, 0.6) is 0 Å². The van der Waals surface area contributed by atoms with Gasteiger partial charge in [-0.2, -0.15) is 5.26 Å². The topological polar surface area (TPSA) is 48.7 Å². The van der Waals surface area contributed by atoms with E-state index in [0.717, 1.165) is 12.2 Å². The fraction of sp³-hybridized carbons (Fsp3) is 0.273.